The van der Waals surface area contributed by atoms with Crippen LogP contribution in [0.25, 0.3) is 0 Å². The maximum absolute atomic E-state index is 12.5. The lowest BCUT2D eigenvalue weighted by Gasteiger charge is -2.20. The van der Waals surface area contributed by atoms with Gasteiger partial charge in [0.2, 0.25) is 11.8 Å². The van der Waals surface area contributed by atoms with Gasteiger partial charge in [0.25, 0.3) is 0 Å². The molecular weight excluding hydrogens is 372 g/mol. The molecule has 0 fully saturated rings. The van der Waals surface area contributed by atoms with Gasteiger partial charge in [-0.3, -0.25) is 9.59 Å². The molecule has 3 aromatic rings. The van der Waals surface area contributed by atoms with Gasteiger partial charge in [-0.2, -0.15) is 0 Å². The van der Waals surface area contributed by atoms with Crippen LogP contribution in [-0.4, -0.2) is 18.4 Å². The third-order valence-electron chi connectivity index (χ3n) is 4.30. The summed E-state index contributed by atoms with van der Waals surface area (Å²) < 4.78 is 0. The third-order valence-corrected chi connectivity index (χ3v) is 4.55. The molecule has 0 spiro atoms. The fraction of sp³-hybridized carbons (Fsp3) is 0.130. The second kappa shape index (κ2) is 9.72. The number of halogens is 1. The second-order valence-electron chi connectivity index (χ2n) is 6.40. The van der Waals surface area contributed by atoms with Crippen LogP contribution in [-0.2, 0) is 16.0 Å². The third kappa shape index (κ3) is 5.69. The highest BCUT2D eigenvalue weighted by Crippen LogP contribution is 2.23. The lowest BCUT2D eigenvalue weighted by molar-refractivity contribution is -0.126. The molecule has 0 aliphatic heterocycles. The molecule has 3 aromatic carbocycles. The molecule has 1 atom stereocenters. The van der Waals surface area contributed by atoms with Crippen molar-refractivity contribution < 1.29 is 9.59 Å². The molecule has 5 heteroatoms. The maximum Gasteiger partial charge on any atom is 0.240 e. The fourth-order valence-corrected chi connectivity index (χ4v) is 3.02. The molecule has 3 rings (SSSR count). The van der Waals surface area contributed by atoms with Crippen LogP contribution in [0.3, 0.4) is 0 Å². The van der Waals surface area contributed by atoms with Gasteiger partial charge in [0.1, 0.15) is 0 Å². The van der Waals surface area contributed by atoms with E-state index in [-0.39, 0.29) is 30.8 Å². The van der Waals surface area contributed by atoms with E-state index in [0.717, 1.165) is 16.7 Å². The SMILES string of the molecule is O=C(Cc1ccccc1)NCC(=O)NC(c1ccccc1)c1ccc(Cl)cc1. The molecule has 2 N–H and O–H groups in total. The van der Waals surface area contributed by atoms with Crippen molar-refractivity contribution in [2.45, 2.75) is 12.5 Å². The summed E-state index contributed by atoms with van der Waals surface area (Å²) in [5, 5.41) is 6.30. The van der Waals surface area contributed by atoms with E-state index < -0.39 is 0 Å². The molecule has 0 saturated heterocycles. The summed E-state index contributed by atoms with van der Waals surface area (Å²) in [7, 11) is 0. The molecule has 0 saturated carbocycles. The minimum Gasteiger partial charge on any atom is -0.347 e. The highest BCUT2D eigenvalue weighted by Gasteiger charge is 2.17. The van der Waals surface area contributed by atoms with Crippen molar-refractivity contribution in [1.82, 2.24) is 10.6 Å². The number of hydrogen-bond donors (Lipinski definition) is 2. The highest BCUT2D eigenvalue weighted by atomic mass is 35.5. The lowest BCUT2D eigenvalue weighted by Crippen LogP contribution is -2.39. The highest BCUT2D eigenvalue weighted by molar-refractivity contribution is 6.30. The molecule has 0 aromatic heterocycles. The van der Waals surface area contributed by atoms with Crippen LogP contribution in [0.4, 0.5) is 0 Å². The van der Waals surface area contributed by atoms with Crippen LogP contribution >= 0.6 is 11.6 Å². The monoisotopic (exact) mass is 392 g/mol. The van der Waals surface area contributed by atoms with Gasteiger partial charge in [-0.1, -0.05) is 84.4 Å². The Kier molecular flexibility index (Phi) is 6.82. The summed E-state index contributed by atoms with van der Waals surface area (Å²) in [4.78, 5) is 24.5. The summed E-state index contributed by atoms with van der Waals surface area (Å²) in [6.07, 6.45) is 0.243. The molecule has 28 heavy (non-hydrogen) atoms. The number of nitrogens with one attached hydrogen (secondary N) is 2. The van der Waals surface area contributed by atoms with E-state index in [4.69, 9.17) is 11.6 Å². The van der Waals surface area contributed by atoms with Gasteiger partial charge >= 0.3 is 0 Å². The predicted octanol–water partition coefficient (Wildman–Crippen LogP) is 3.90. The normalized spacial score (nSPS) is 11.5. The molecule has 2 amide bonds. The van der Waals surface area contributed by atoms with Crippen LogP contribution in [0.15, 0.2) is 84.9 Å². The maximum atomic E-state index is 12.5. The summed E-state index contributed by atoms with van der Waals surface area (Å²) in [6, 6.07) is 26.1. The van der Waals surface area contributed by atoms with E-state index in [0.29, 0.717) is 5.02 Å². The number of carbonyl (C=O) groups excluding carboxylic acids is 2. The number of rotatable bonds is 7. The van der Waals surface area contributed by atoms with Crippen molar-refractivity contribution in [2.75, 3.05) is 6.54 Å². The van der Waals surface area contributed by atoms with Crippen LogP contribution < -0.4 is 10.6 Å². The van der Waals surface area contributed by atoms with Crippen LogP contribution in [0.1, 0.15) is 22.7 Å². The average molecular weight is 393 g/mol. The van der Waals surface area contributed by atoms with Gasteiger partial charge < -0.3 is 10.6 Å². The first-order valence-electron chi connectivity index (χ1n) is 9.02. The van der Waals surface area contributed by atoms with Crippen LogP contribution in [0, 0.1) is 0 Å². The van der Waals surface area contributed by atoms with E-state index in [1.165, 1.54) is 0 Å². The van der Waals surface area contributed by atoms with Crippen molar-refractivity contribution in [1.29, 1.82) is 0 Å². The van der Waals surface area contributed by atoms with Gasteiger partial charge in [-0.05, 0) is 28.8 Å². The zero-order chi connectivity index (χ0) is 19.8. The Labute approximate surface area is 169 Å². The lowest BCUT2D eigenvalue weighted by atomic mass is 9.98. The standard InChI is InChI=1S/C23H21ClN2O2/c24-20-13-11-19(12-14-20)23(18-9-5-2-6-10-18)26-22(28)16-25-21(27)15-17-7-3-1-4-8-17/h1-14,23H,15-16H2,(H,25,27)(H,26,28). The van der Waals surface area contributed by atoms with Gasteiger partial charge in [0, 0.05) is 5.02 Å². The molecule has 0 bridgehead atoms. The summed E-state index contributed by atoms with van der Waals surface area (Å²) >= 11 is 5.98. The smallest absolute Gasteiger partial charge is 0.240 e. The zero-order valence-corrected chi connectivity index (χ0v) is 16.0. The first-order valence-corrected chi connectivity index (χ1v) is 9.40. The van der Waals surface area contributed by atoms with Crippen LogP contribution in [0.5, 0.6) is 0 Å². The Hall–Kier alpha value is -3.11. The molecule has 142 valence electrons. The molecule has 1 unspecified atom stereocenters. The van der Waals surface area contributed by atoms with Crippen molar-refractivity contribution in [3.8, 4) is 0 Å². The van der Waals surface area contributed by atoms with E-state index in [1.807, 2.05) is 72.8 Å². The summed E-state index contributed by atoms with van der Waals surface area (Å²) in [5.74, 6) is -0.450. The van der Waals surface area contributed by atoms with Gasteiger partial charge in [0.05, 0.1) is 19.0 Å². The minimum absolute atomic E-state index is 0.0808. The van der Waals surface area contributed by atoms with E-state index in [1.54, 1.807) is 12.1 Å². The number of amides is 2. The minimum atomic E-state index is -0.322. The van der Waals surface area contributed by atoms with Crippen molar-refractivity contribution in [3.05, 3.63) is 107 Å². The van der Waals surface area contributed by atoms with Crippen molar-refractivity contribution in [3.63, 3.8) is 0 Å². The molecule has 0 aliphatic carbocycles. The molecule has 4 nitrogen and oxygen atoms in total. The van der Waals surface area contributed by atoms with Gasteiger partial charge in [0.15, 0.2) is 0 Å². The molecular formula is C23H21ClN2O2. The predicted molar refractivity (Wildman–Crippen MR) is 111 cm³/mol. The first kappa shape index (κ1) is 19.6. The zero-order valence-electron chi connectivity index (χ0n) is 15.3. The van der Waals surface area contributed by atoms with E-state index >= 15 is 0 Å². The molecule has 0 radical (unpaired) electrons. The Balaban J connectivity index is 1.63. The second-order valence-corrected chi connectivity index (χ2v) is 6.84. The van der Waals surface area contributed by atoms with E-state index in [9.17, 15) is 9.59 Å². The van der Waals surface area contributed by atoms with E-state index in [2.05, 4.69) is 10.6 Å². The average Bonchev–Trinajstić information content (AvgIpc) is 2.73. The van der Waals surface area contributed by atoms with Gasteiger partial charge in [-0.15, -0.1) is 0 Å². The fourth-order valence-electron chi connectivity index (χ4n) is 2.89. The molecule has 0 aliphatic rings. The number of carbonyl (C=O) groups is 2. The quantitative estimate of drug-likeness (QED) is 0.640. The number of benzene rings is 3. The Morgan fingerprint density at radius 3 is 1.96 bits per heavy atom. The topological polar surface area (TPSA) is 58.2 Å². The Morgan fingerprint density at radius 2 is 1.32 bits per heavy atom. The van der Waals surface area contributed by atoms with Crippen molar-refractivity contribution >= 4 is 23.4 Å². The summed E-state index contributed by atoms with van der Waals surface area (Å²) in [5.41, 5.74) is 2.78. The van der Waals surface area contributed by atoms with Crippen LogP contribution in [0.2, 0.25) is 5.02 Å². The van der Waals surface area contributed by atoms with Crippen molar-refractivity contribution in [2.24, 2.45) is 0 Å². The first-order chi connectivity index (χ1) is 13.6. The Morgan fingerprint density at radius 1 is 0.750 bits per heavy atom. The molecule has 0 heterocycles. The Bertz CT molecular complexity index is 912. The largest absolute Gasteiger partial charge is 0.347 e. The number of hydrogen-bond acceptors (Lipinski definition) is 2. The summed E-state index contributed by atoms with van der Waals surface area (Å²) in [6.45, 7) is -0.0808. The van der Waals surface area contributed by atoms with Gasteiger partial charge in [-0.25, -0.2) is 0 Å².